The number of methoxy groups -OCH3 is 2. The fourth-order valence-electron chi connectivity index (χ4n) is 1.78. The number of hydrogen-bond acceptors (Lipinski definition) is 5. The topological polar surface area (TPSA) is 82.1 Å². The molecule has 0 aliphatic carbocycles. The van der Waals surface area contributed by atoms with E-state index in [1.807, 2.05) is 0 Å². The largest absolute Gasteiger partial charge is 0.497 e. The van der Waals surface area contributed by atoms with Crippen molar-refractivity contribution in [1.29, 1.82) is 0 Å². The van der Waals surface area contributed by atoms with E-state index in [0.29, 0.717) is 11.3 Å². The van der Waals surface area contributed by atoms with Crippen molar-refractivity contribution in [2.45, 2.75) is 0 Å². The number of carbonyl (C=O) groups excluding carboxylic acids is 1. The molecule has 0 radical (unpaired) electrons. The van der Waals surface area contributed by atoms with Gasteiger partial charge in [-0.3, -0.25) is 0 Å². The Morgan fingerprint density at radius 1 is 0.864 bits per heavy atom. The molecular weight excluding hydrogens is 288 g/mol. The number of aromatic carboxylic acids is 1. The van der Waals surface area contributed by atoms with Crippen molar-refractivity contribution in [3.05, 3.63) is 53.6 Å². The Morgan fingerprint density at radius 2 is 1.50 bits per heavy atom. The van der Waals surface area contributed by atoms with Crippen LogP contribution in [-0.4, -0.2) is 31.3 Å². The fourth-order valence-corrected chi connectivity index (χ4v) is 1.78. The highest BCUT2D eigenvalue weighted by atomic mass is 16.6. The van der Waals surface area contributed by atoms with E-state index in [-0.39, 0.29) is 17.1 Å². The second-order valence-corrected chi connectivity index (χ2v) is 4.29. The van der Waals surface area contributed by atoms with Crippen molar-refractivity contribution in [3.8, 4) is 17.2 Å². The molecule has 0 saturated heterocycles. The molecule has 0 aliphatic rings. The Labute approximate surface area is 126 Å². The third-order valence-corrected chi connectivity index (χ3v) is 2.94. The van der Waals surface area contributed by atoms with E-state index in [4.69, 9.17) is 19.3 Å². The van der Waals surface area contributed by atoms with Gasteiger partial charge in [-0.25, -0.2) is 9.59 Å². The SMILES string of the molecule is COc1ccc(C(=O)Oc2cc(C(=O)O)ccc2OC)cc1. The van der Waals surface area contributed by atoms with Crippen LogP contribution >= 0.6 is 0 Å². The van der Waals surface area contributed by atoms with E-state index >= 15 is 0 Å². The van der Waals surface area contributed by atoms with Gasteiger partial charge in [-0.15, -0.1) is 0 Å². The van der Waals surface area contributed by atoms with Gasteiger partial charge in [-0.2, -0.15) is 0 Å². The van der Waals surface area contributed by atoms with Crippen molar-refractivity contribution in [2.75, 3.05) is 14.2 Å². The van der Waals surface area contributed by atoms with Crippen molar-refractivity contribution < 1.29 is 28.9 Å². The molecule has 0 heterocycles. The van der Waals surface area contributed by atoms with E-state index in [1.54, 1.807) is 24.3 Å². The molecule has 6 nitrogen and oxygen atoms in total. The highest BCUT2D eigenvalue weighted by Crippen LogP contribution is 2.29. The highest BCUT2D eigenvalue weighted by Gasteiger charge is 2.15. The maximum Gasteiger partial charge on any atom is 0.343 e. The van der Waals surface area contributed by atoms with Gasteiger partial charge in [-0.1, -0.05) is 0 Å². The minimum Gasteiger partial charge on any atom is -0.497 e. The van der Waals surface area contributed by atoms with Gasteiger partial charge >= 0.3 is 11.9 Å². The molecule has 2 aromatic rings. The average molecular weight is 302 g/mol. The number of hydrogen-bond donors (Lipinski definition) is 1. The van der Waals surface area contributed by atoms with Crippen molar-refractivity contribution in [1.82, 2.24) is 0 Å². The number of rotatable bonds is 5. The summed E-state index contributed by atoms with van der Waals surface area (Å²) in [6, 6.07) is 10.4. The van der Waals surface area contributed by atoms with Gasteiger partial charge in [0.15, 0.2) is 11.5 Å². The predicted molar refractivity (Wildman–Crippen MR) is 77.9 cm³/mol. The monoisotopic (exact) mass is 302 g/mol. The fraction of sp³-hybridized carbons (Fsp3) is 0.125. The number of benzene rings is 2. The molecule has 1 N–H and O–H groups in total. The lowest BCUT2D eigenvalue weighted by Gasteiger charge is -2.10. The zero-order valence-corrected chi connectivity index (χ0v) is 12.0. The molecule has 0 bridgehead atoms. The van der Waals surface area contributed by atoms with Crippen LogP contribution in [0.4, 0.5) is 0 Å². The first-order valence-electron chi connectivity index (χ1n) is 6.32. The summed E-state index contributed by atoms with van der Waals surface area (Å²) in [7, 11) is 2.93. The molecule has 0 unspecified atom stereocenters. The zero-order chi connectivity index (χ0) is 16.1. The molecule has 0 fully saturated rings. The standard InChI is InChI=1S/C16H14O6/c1-20-12-6-3-10(4-7-12)16(19)22-14-9-11(15(17)18)5-8-13(14)21-2/h3-9H,1-2H3,(H,17,18). The van der Waals surface area contributed by atoms with Crippen LogP contribution in [0.3, 0.4) is 0 Å². The van der Waals surface area contributed by atoms with Crippen molar-refractivity contribution >= 4 is 11.9 Å². The first-order chi connectivity index (χ1) is 10.5. The summed E-state index contributed by atoms with van der Waals surface area (Å²) in [6.07, 6.45) is 0. The van der Waals surface area contributed by atoms with Crippen LogP contribution < -0.4 is 14.2 Å². The molecular formula is C16H14O6. The average Bonchev–Trinajstić information content (AvgIpc) is 2.54. The second-order valence-electron chi connectivity index (χ2n) is 4.29. The van der Waals surface area contributed by atoms with Crippen molar-refractivity contribution in [3.63, 3.8) is 0 Å². The predicted octanol–water partition coefficient (Wildman–Crippen LogP) is 2.62. The Balaban J connectivity index is 2.26. The Kier molecular flexibility index (Phi) is 4.63. The molecule has 6 heteroatoms. The van der Waals surface area contributed by atoms with Crippen LogP contribution in [0.5, 0.6) is 17.2 Å². The first-order valence-corrected chi connectivity index (χ1v) is 6.32. The van der Waals surface area contributed by atoms with Crippen LogP contribution in [0.1, 0.15) is 20.7 Å². The van der Waals surface area contributed by atoms with E-state index in [2.05, 4.69) is 0 Å². The lowest BCUT2D eigenvalue weighted by atomic mass is 10.2. The smallest absolute Gasteiger partial charge is 0.343 e. The van der Waals surface area contributed by atoms with E-state index < -0.39 is 11.9 Å². The third-order valence-electron chi connectivity index (χ3n) is 2.94. The van der Waals surface area contributed by atoms with Gasteiger partial charge in [0.25, 0.3) is 0 Å². The summed E-state index contributed by atoms with van der Waals surface area (Å²) in [5.41, 5.74) is 0.307. The van der Waals surface area contributed by atoms with E-state index in [9.17, 15) is 9.59 Å². The lowest BCUT2D eigenvalue weighted by Crippen LogP contribution is -2.10. The number of esters is 1. The van der Waals surface area contributed by atoms with Gasteiger partial charge in [0.2, 0.25) is 0 Å². The minimum atomic E-state index is -1.12. The molecule has 0 saturated carbocycles. The van der Waals surface area contributed by atoms with E-state index in [1.165, 1.54) is 32.4 Å². The molecule has 0 spiro atoms. The second kappa shape index (κ2) is 6.62. The Bertz CT molecular complexity index is 690. The Morgan fingerprint density at radius 3 is 2.05 bits per heavy atom. The van der Waals surface area contributed by atoms with Crippen LogP contribution in [0.2, 0.25) is 0 Å². The number of carboxylic acids is 1. The number of carboxylic acid groups (broad SMARTS) is 1. The van der Waals surface area contributed by atoms with Crippen LogP contribution in [0.25, 0.3) is 0 Å². The summed E-state index contributed by atoms with van der Waals surface area (Å²) < 4.78 is 15.3. The summed E-state index contributed by atoms with van der Waals surface area (Å²) in [5.74, 6) is -0.815. The third kappa shape index (κ3) is 3.35. The quantitative estimate of drug-likeness (QED) is 0.675. The normalized spacial score (nSPS) is 9.91. The van der Waals surface area contributed by atoms with Crippen molar-refractivity contribution in [2.24, 2.45) is 0 Å². The number of carbonyl (C=O) groups is 2. The number of ether oxygens (including phenoxy) is 3. The van der Waals surface area contributed by atoms with E-state index in [0.717, 1.165) is 0 Å². The van der Waals surface area contributed by atoms with Gasteiger partial charge in [0.05, 0.1) is 25.3 Å². The van der Waals surface area contributed by atoms with Crippen LogP contribution in [0, 0.1) is 0 Å². The molecule has 2 aromatic carbocycles. The molecule has 22 heavy (non-hydrogen) atoms. The minimum absolute atomic E-state index is 0.00155. The van der Waals surface area contributed by atoms with Gasteiger partial charge in [-0.05, 0) is 42.5 Å². The zero-order valence-electron chi connectivity index (χ0n) is 12.0. The maximum atomic E-state index is 12.1. The summed E-state index contributed by atoms with van der Waals surface area (Å²) in [4.78, 5) is 23.1. The molecule has 2 rings (SSSR count). The van der Waals surface area contributed by atoms with Crippen LogP contribution in [-0.2, 0) is 0 Å². The Hall–Kier alpha value is -3.02. The molecule has 0 amide bonds. The lowest BCUT2D eigenvalue weighted by molar-refractivity contribution is 0.0686. The maximum absolute atomic E-state index is 12.1. The van der Waals surface area contributed by atoms with Crippen LogP contribution in [0.15, 0.2) is 42.5 Å². The molecule has 114 valence electrons. The summed E-state index contributed by atoms with van der Waals surface area (Å²) in [5, 5.41) is 8.99. The molecule has 0 aromatic heterocycles. The highest BCUT2D eigenvalue weighted by molar-refractivity contribution is 5.92. The van der Waals surface area contributed by atoms with Gasteiger partial charge in [0, 0.05) is 0 Å². The first kappa shape index (κ1) is 15.4. The van der Waals surface area contributed by atoms with Gasteiger partial charge < -0.3 is 19.3 Å². The van der Waals surface area contributed by atoms with Gasteiger partial charge in [0.1, 0.15) is 5.75 Å². The summed E-state index contributed by atoms with van der Waals surface area (Å²) >= 11 is 0. The molecule has 0 aliphatic heterocycles. The summed E-state index contributed by atoms with van der Waals surface area (Å²) in [6.45, 7) is 0. The molecule has 0 atom stereocenters.